The van der Waals surface area contributed by atoms with Crippen LogP contribution in [0.1, 0.15) is 13.8 Å². The van der Waals surface area contributed by atoms with E-state index < -0.39 is 0 Å². The first-order valence-corrected chi connectivity index (χ1v) is 6.16. The fourth-order valence-electron chi connectivity index (χ4n) is 2.00. The predicted molar refractivity (Wildman–Crippen MR) is 71.5 cm³/mol. The maximum Gasteiger partial charge on any atom is 0.210 e. The lowest BCUT2D eigenvalue weighted by atomic mass is 10.2. The molecule has 1 aromatic heterocycles. The predicted octanol–water partition coefficient (Wildman–Crippen LogP) is 2.81. The number of benzene rings is 1. The lowest BCUT2D eigenvalue weighted by molar-refractivity contribution is -0.595. The van der Waals surface area contributed by atoms with E-state index in [-0.39, 0.29) is 0 Å². The molecule has 0 aliphatic carbocycles. The highest BCUT2D eigenvalue weighted by molar-refractivity contribution is 5.48. The van der Waals surface area contributed by atoms with Crippen LogP contribution in [0, 0.1) is 0 Å². The van der Waals surface area contributed by atoms with Crippen molar-refractivity contribution in [1.29, 1.82) is 0 Å². The molecule has 0 spiro atoms. The number of pyridine rings is 1. The van der Waals surface area contributed by atoms with Crippen LogP contribution in [0.5, 0.6) is 0 Å². The molecule has 2 heteroatoms. The van der Waals surface area contributed by atoms with Crippen LogP contribution in [0.25, 0.3) is 5.69 Å². The van der Waals surface area contributed by atoms with Crippen LogP contribution in [0.2, 0.25) is 0 Å². The Balaban J connectivity index is 2.24. The Kier molecular flexibility index (Phi) is 3.76. The van der Waals surface area contributed by atoms with E-state index in [4.69, 9.17) is 0 Å². The topological polar surface area (TPSA) is 7.12 Å². The van der Waals surface area contributed by atoms with E-state index in [9.17, 15) is 0 Å². The van der Waals surface area contributed by atoms with Crippen LogP contribution >= 0.6 is 0 Å². The first-order valence-electron chi connectivity index (χ1n) is 6.16. The van der Waals surface area contributed by atoms with E-state index in [0.717, 1.165) is 13.1 Å². The molecule has 0 aliphatic heterocycles. The van der Waals surface area contributed by atoms with Crippen LogP contribution < -0.4 is 9.47 Å². The standard InChI is InChI=1S/C15H19N2/c1-3-16(4-2)14-8-10-15(11-9-14)17-12-6-5-7-13-17/h5-13H,3-4H2,1-2H3/q+1. The number of aromatic nitrogens is 1. The van der Waals surface area contributed by atoms with Gasteiger partial charge in [-0.2, -0.15) is 4.57 Å². The van der Waals surface area contributed by atoms with Gasteiger partial charge in [0.1, 0.15) is 0 Å². The summed E-state index contributed by atoms with van der Waals surface area (Å²) in [6.07, 6.45) is 4.12. The second-order valence-corrected chi connectivity index (χ2v) is 3.97. The van der Waals surface area contributed by atoms with Crippen molar-refractivity contribution in [2.45, 2.75) is 13.8 Å². The first-order chi connectivity index (χ1) is 8.35. The summed E-state index contributed by atoms with van der Waals surface area (Å²) in [5.41, 5.74) is 2.48. The van der Waals surface area contributed by atoms with Crippen molar-refractivity contribution in [2.75, 3.05) is 18.0 Å². The Morgan fingerprint density at radius 3 is 2.00 bits per heavy atom. The molecule has 0 saturated heterocycles. The Labute approximate surface area is 103 Å². The van der Waals surface area contributed by atoms with Crippen LogP contribution in [0.3, 0.4) is 0 Å². The number of hydrogen-bond acceptors (Lipinski definition) is 1. The highest BCUT2D eigenvalue weighted by Crippen LogP contribution is 2.14. The zero-order valence-corrected chi connectivity index (χ0v) is 10.5. The van der Waals surface area contributed by atoms with Crippen LogP contribution in [0.15, 0.2) is 54.9 Å². The maximum absolute atomic E-state index is 2.35. The van der Waals surface area contributed by atoms with E-state index >= 15 is 0 Å². The van der Waals surface area contributed by atoms with Crippen molar-refractivity contribution in [3.63, 3.8) is 0 Å². The minimum atomic E-state index is 1.05. The summed E-state index contributed by atoms with van der Waals surface area (Å²) < 4.78 is 2.12. The van der Waals surface area contributed by atoms with Crippen molar-refractivity contribution >= 4 is 5.69 Å². The van der Waals surface area contributed by atoms with Gasteiger partial charge in [-0.05, 0) is 26.0 Å². The zero-order valence-electron chi connectivity index (χ0n) is 10.5. The highest BCUT2D eigenvalue weighted by Gasteiger charge is 2.06. The molecule has 2 rings (SSSR count). The highest BCUT2D eigenvalue weighted by atomic mass is 15.1. The van der Waals surface area contributed by atoms with Gasteiger partial charge in [-0.3, -0.25) is 0 Å². The van der Waals surface area contributed by atoms with Crippen molar-refractivity contribution < 1.29 is 4.57 Å². The van der Waals surface area contributed by atoms with E-state index in [1.807, 2.05) is 18.2 Å². The average Bonchev–Trinajstić information content (AvgIpc) is 2.42. The van der Waals surface area contributed by atoms with Gasteiger partial charge in [-0.15, -0.1) is 0 Å². The van der Waals surface area contributed by atoms with Gasteiger partial charge >= 0.3 is 0 Å². The molecule has 88 valence electrons. The third-order valence-corrected chi connectivity index (χ3v) is 2.99. The summed E-state index contributed by atoms with van der Waals surface area (Å²) in [7, 11) is 0. The van der Waals surface area contributed by atoms with Gasteiger partial charge in [0, 0.05) is 43.0 Å². The maximum atomic E-state index is 2.35. The molecular formula is C15H19N2+. The molecule has 0 unspecified atom stereocenters. The second kappa shape index (κ2) is 5.48. The van der Waals surface area contributed by atoms with Crippen molar-refractivity contribution in [3.05, 3.63) is 54.9 Å². The van der Waals surface area contributed by atoms with E-state index in [1.54, 1.807) is 0 Å². The molecule has 2 aromatic rings. The quantitative estimate of drug-likeness (QED) is 0.729. The van der Waals surface area contributed by atoms with Crippen molar-refractivity contribution in [1.82, 2.24) is 0 Å². The lowest BCUT2D eigenvalue weighted by Crippen LogP contribution is -2.29. The largest absolute Gasteiger partial charge is 0.372 e. The average molecular weight is 227 g/mol. The molecule has 1 heterocycles. The number of rotatable bonds is 4. The molecule has 0 fully saturated rings. The third kappa shape index (κ3) is 2.64. The lowest BCUT2D eigenvalue weighted by Gasteiger charge is -2.20. The van der Waals surface area contributed by atoms with Gasteiger partial charge in [0.15, 0.2) is 12.4 Å². The van der Waals surface area contributed by atoms with Gasteiger partial charge < -0.3 is 4.90 Å². The molecule has 0 aliphatic rings. The fourth-order valence-corrected chi connectivity index (χ4v) is 2.00. The van der Waals surface area contributed by atoms with Gasteiger partial charge in [0.25, 0.3) is 0 Å². The minimum Gasteiger partial charge on any atom is -0.372 e. The molecule has 0 saturated carbocycles. The van der Waals surface area contributed by atoms with Crippen molar-refractivity contribution in [3.8, 4) is 5.69 Å². The van der Waals surface area contributed by atoms with Crippen LogP contribution in [0.4, 0.5) is 5.69 Å². The molecule has 0 N–H and O–H groups in total. The van der Waals surface area contributed by atoms with Gasteiger partial charge in [-0.25, -0.2) is 0 Å². The van der Waals surface area contributed by atoms with E-state index in [1.165, 1.54) is 11.4 Å². The monoisotopic (exact) mass is 227 g/mol. The summed E-state index contributed by atoms with van der Waals surface area (Å²) in [6.45, 7) is 6.47. The normalized spacial score (nSPS) is 10.2. The van der Waals surface area contributed by atoms with Crippen molar-refractivity contribution in [2.24, 2.45) is 0 Å². The SMILES string of the molecule is CCN(CC)c1ccc(-[n+]2ccccc2)cc1. The summed E-state index contributed by atoms with van der Waals surface area (Å²) >= 11 is 0. The molecular weight excluding hydrogens is 208 g/mol. The fraction of sp³-hybridized carbons (Fsp3) is 0.267. The smallest absolute Gasteiger partial charge is 0.210 e. The Morgan fingerprint density at radius 2 is 1.47 bits per heavy atom. The molecule has 0 amide bonds. The van der Waals surface area contributed by atoms with E-state index in [2.05, 4.69) is 60.0 Å². The number of nitrogens with zero attached hydrogens (tertiary/aromatic N) is 2. The minimum absolute atomic E-state index is 1.05. The van der Waals surface area contributed by atoms with Gasteiger partial charge in [-0.1, -0.05) is 6.07 Å². The molecule has 0 bridgehead atoms. The van der Waals surface area contributed by atoms with E-state index in [0.29, 0.717) is 0 Å². The summed E-state index contributed by atoms with van der Waals surface area (Å²) in [6, 6.07) is 14.8. The molecule has 17 heavy (non-hydrogen) atoms. The number of hydrogen-bond donors (Lipinski definition) is 0. The molecule has 0 atom stereocenters. The molecule has 0 radical (unpaired) electrons. The Hall–Kier alpha value is -1.83. The van der Waals surface area contributed by atoms with Crippen LogP contribution in [-0.4, -0.2) is 13.1 Å². The summed E-state index contributed by atoms with van der Waals surface area (Å²) in [5.74, 6) is 0. The summed E-state index contributed by atoms with van der Waals surface area (Å²) in [5, 5.41) is 0. The van der Waals surface area contributed by atoms with Gasteiger partial charge in [0.2, 0.25) is 5.69 Å². The Bertz CT molecular complexity index is 444. The summed E-state index contributed by atoms with van der Waals surface area (Å²) in [4.78, 5) is 2.35. The number of anilines is 1. The third-order valence-electron chi connectivity index (χ3n) is 2.99. The second-order valence-electron chi connectivity index (χ2n) is 3.97. The molecule has 1 aromatic carbocycles. The van der Waals surface area contributed by atoms with Crippen LogP contribution in [-0.2, 0) is 0 Å². The van der Waals surface area contributed by atoms with Gasteiger partial charge in [0.05, 0.1) is 0 Å². The zero-order chi connectivity index (χ0) is 12.1. The molecule has 2 nitrogen and oxygen atoms in total. The first kappa shape index (κ1) is 11.6. The Morgan fingerprint density at radius 1 is 0.882 bits per heavy atom.